The van der Waals surface area contributed by atoms with Crippen molar-refractivity contribution in [1.82, 2.24) is 0 Å². The minimum Gasteiger partial charge on any atom is -0.467 e. The average molecular weight is 343 g/mol. The lowest BCUT2D eigenvalue weighted by Crippen LogP contribution is -2.29. The lowest BCUT2D eigenvalue weighted by Gasteiger charge is -2.28. The number of sulfonamides is 1. The first-order chi connectivity index (χ1) is 10.3. The summed E-state index contributed by atoms with van der Waals surface area (Å²) >= 11 is 0. The van der Waals surface area contributed by atoms with E-state index < -0.39 is 27.7 Å². The zero-order chi connectivity index (χ0) is 18.0. The Balaban J connectivity index is 3.44. The van der Waals surface area contributed by atoms with Crippen molar-refractivity contribution >= 4 is 21.7 Å². The number of nitrogens with one attached hydrogen (secondary N) is 1. The van der Waals surface area contributed by atoms with Crippen LogP contribution in [0.3, 0.4) is 0 Å². The predicted octanol–water partition coefficient (Wildman–Crippen LogP) is 2.70. The molecule has 0 bridgehead atoms. The smallest absolute Gasteiger partial charge is 0.339 e. The fourth-order valence-electron chi connectivity index (χ4n) is 2.16. The number of hydrogen-bond donors (Lipinski definition) is 1. The van der Waals surface area contributed by atoms with Gasteiger partial charge in [0, 0.05) is 0 Å². The van der Waals surface area contributed by atoms with Crippen molar-refractivity contribution in [3.8, 4) is 0 Å². The van der Waals surface area contributed by atoms with Crippen LogP contribution in [0.25, 0.3) is 0 Å². The van der Waals surface area contributed by atoms with Gasteiger partial charge in [0.15, 0.2) is 6.10 Å². The van der Waals surface area contributed by atoms with Crippen molar-refractivity contribution in [3.63, 3.8) is 0 Å². The van der Waals surface area contributed by atoms with Crippen molar-refractivity contribution in [3.05, 3.63) is 28.8 Å². The van der Waals surface area contributed by atoms with Crippen molar-refractivity contribution < 1.29 is 22.7 Å². The second-order valence-electron chi connectivity index (χ2n) is 6.53. The summed E-state index contributed by atoms with van der Waals surface area (Å²) in [6.07, 6.45) is 0.151. The van der Waals surface area contributed by atoms with Crippen LogP contribution in [0, 0.1) is 13.8 Å². The highest BCUT2D eigenvalue weighted by atomic mass is 32.2. The van der Waals surface area contributed by atoms with Crippen LogP contribution in [-0.4, -0.2) is 33.4 Å². The number of anilines is 1. The highest BCUT2D eigenvalue weighted by molar-refractivity contribution is 7.92. The van der Waals surface area contributed by atoms with Gasteiger partial charge in [-0.05, 0) is 57.4 Å². The zero-order valence-electron chi connectivity index (χ0n) is 14.7. The maximum absolute atomic E-state index is 12.2. The molecule has 0 saturated carbocycles. The van der Waals surface area contributed by atoms with E-state index in [-0.39, 0.29) is 0 Å². The molecule has 1 aromatic carbocycles. The molecule has 0 aromatic heterocycles. The van der Waals surface area contributed by atoms with Crippen molar-refractivity contribution in [2.75, 3.05) is 18.1 Å². The molecule has 23 heavy (non-hydrogen) atoms. The number of ether oxygens (including phenoxy) is 2. The quantitative estimate of drug-likeness (QED) is 0.831. The topological polar surface area (TPSA) is 81.7 Å². The molecular formula is C16H25NO5S. The Hall–Kier alpha value is -1.60. The lowest BCUT2D eigenvalue weighted by molar-refractivity contribution is -0.164. The molecule has 0 spiro atoms. The molecule has 0 aliphatic carbocycles. The standard InChI is InChI=1S/C16H25NO5S/c1-10-8-12(11(2)13(9-10)17-23(7,19)20)14(15(18)21-6)22-16(3,4)5/h8-9,14,17H,1-7H3/t14-/m0/s1. The first-order valence-corrected chi connectivity index (χ1v) is 9.08. The lowest BCUT2D eigenvalue weighted by atomic mass is 9.98. The molecule has 1 N–H and O–H groups in total. The summed E-state index contributed by atoms with van der Waals surface area (Å²) in [7, 11) is -2.13. The molecule has 0 amide bonds. The van der Waals surface area contributed by atoms with Gasteiger partial charge in [0.1, 0.15) is 0 Å². The highest BCUT2D eigenvalue weighted by Gasteiger charge is 2.30. The summed E-state index contributed by atoms with van der Waals surface area (Å²) in [6, 6.07) is 3.52. The van der Waals surface area contributed by atoms with Crippen molar-refractivity contribution in [1.29, 1.82) is 0 Å². The fourth-order valence-corrected chi connectivity index (χ4v) is 2.78. The molecule has 1 atom stereocenters. The molecule has 0 heterocycles. The number of esters is 1. The Morgan fingerprint density at radius 3 is 2.22 bits per heavy atom. The molecule has 1 rings (SSSR count). The van der Waals surface area contributed by atoms with Crippen LogP contribution in [0.4, 0.5) is 5.69 Å². The summed E-state index contributed by atoms with van der Waals surface area (Å²) < 4.78 is 36.2. The highest BCUT2D eigenvalue weighted by Crippen LogP contribution is 2.32. The normalized spacial score (nSPS) is 13.5. The van der Waals surface area contributed by atoms with E-state index >= 15 is 0 Å². The van der Waals surface area contributed by atoms with E-state index in [0.717, 1.165) is 11.8 Å². The maximum Gasteiger partial charge on any atom is 0.339 e. The Bertz CT molecular complexity index is 689. The fraction of sp³-hybridized carbons (Fsp3) is 0.562. The van der Waals surface area contributed by atoms with Gasteiger partial charge in [-0.1, -0.05) is 6.07 Å². The van der Waals surface area contributed by atoms with Crippen LogP contribution in [0.5, 0.6) is 0 Å². The minimum absolute atomic E-state index is 0.425. The number of carbonyl (C=O) groups is 1. The van der Waals surface area contributed by atoms with Crippen LogP contribution in [-0.2, 0) is 24.3 Å². The second kappa shape index (κ2) is 6.88. The molecule has 6 nitrogen and oxygen atoms in total. The predicted molar refractivity (Wildman–Crippen MR) is 90.0 cm³/mol. The van der Waals surface area contributed by atoms with E-state index in [1.165, 1.54) is 7.11 Å². The summed E-state index contributed by atoms with van der Waals surface area (Å²) in [5.74, 6) is -0.529. The average Bonchev–Trinajstić information content (AvgIpc) is 2.36. The third kappa shape index (κ3) is 5.84. The van der Waals surface area contributed by atoms with Gasteiger partial charge in [-0.25, -0.2) is 13.2 Å². The maximum atomic E-state index is 12.2. The van der Waals surface area contributed by atoms with E-state index in [0.29, 0.717) is 16.8 Å². The zero-order valence-corrected chi connectivity index (χ0v) is 15.5. The minimum atomic E-state index is -3.43. The molecule has 0 aliphatic rings. The van der Waals surface area contributed by atoms with Gasteiger partial charge in [0.25, 0.3) is 0 Å². The van der Waals surface area contributed by atoms with Crippen LogP contribution in [0.1, 0.15) is 43.6 Å². The van der Waals surface area contributed by atoms with Crippen LogP contribution < -0.4 is 4.72 Å². The summed E-state index contributed by atoms with van der Waals surface area (Å²) in [5.41, 5.74) is 1.87. The van der Waals surface area contributed by atoms with Gasteiger partial charge in [-0.2, -0.15) is 0 Å². The van der Waals surface area contributed by atoms with Gasteiger partial charge < -0.3 is 9.47 Å². The van der Waals surface area contributed by atoms with Gasteiger partial charge in [0.05, 0.1) is 24.7 Å². The number of carbonyl (C=O) groups excluding carboxylic acids is 1. The van der Waals surface area contributed by atoms with Crippen LogP contribution >= 0.6 is 0 Å². The monoisotopic (exact) mass is 343 g/mol. The van der Waals surface area contributed by atoms with Crippen LogP contribution in [0.15, 0.2) is 12.1 Å². The summed E-state index contributed by atoms with van der Waals surface area (Å²) in [4.78, 5) is 12.2. The second-order valence-corrected chi connectivity index (χ2v) is 8.28. The number of aryl methyl sites for hydroxylation is 1. The van der Waals surface area contributed by atoms with Crippen molar-refractivity contribution in [2.24, 2.45) is 0 Å². The Labute approximate surface area is 138 Å². The molecule has 0 saturated heterocycles. The van der Waals surface area contributed by atoms with Gasteiger partial charge in [0.2, 0.25) is 10.0 Å². The molecule has 0 radical (unpaired) electrons. The third-order valence-electron chi connectivity index (χ3n) is 3.06. The molecule has 130 valence electrons. The molecule has 1 aromatic rings. The largest absolute Gasteiger partial charge is 0.467 e. The number of rotatable bonds is 5. The van der Waals surface area contributed by atoms with E-state index in [4.69, 9.17) is 9.47 Å². The Kier molecular flexibility index (Phi) is 5.82. The Morgan fingerprint density at radius 1 is 1.22 bits per heavy atom. The van der Waals surface area contributed by atoms with Gasteiger partial charge in [-0.15, -0.1) is 0 Å². The molecule has 0 unspecified atom stereocenters. The molecule has 0 aliphatic heterocycles. The molecular weight excluding hydrogens is 318 g/mol. The SMILES string of the molecule is COC(=O)[C@@H](OC(C)(C)C)c1cc(C)cc(NS(C)(=O)=O)c1C. The number of hydrogen-bond acceptors (Lipinski definition) is 5. The van der Waals surface area contributed by atoms with E-state index in [1.54, 1.807) is 19.1 Å². The van der Waals surface area contributed by atoms with Gasteiger partial charge in [-0.3, -0.25) is 4.72 Å². The van der Waals surface area contributed by atoms with E-state index in [2.05, 4.69) is 4.72 Å². The summed E-state index contributed by atoms with van der Waals surface area (Å²) in [6.45, 7) is 9.07. The van der Waals surface area contributed by atoms with E-state index in [1.807, 2.05) is 27.7 Å². The van der Waals surface area contributed by atoms with Gasteiger partial charge >= 0.3 is 5.97 Å². The Morgan fingerprint density at radius 2 is 1.78 bits per heavy atom. The first kappa shape index (κ1) is 19.4. The summed E-state index contributed by atoms with van der Waals surface area (Å²) in [5, 5.41) is 0. The van der Waals surface area contributed by atoms with Crippen LogP contribution in [0.2, 0.25) is 0 Å². The van der Waals surface area contributed by atoms with Crippen molar-refractivity contribution in [2.45, 2.75) is 46.3 Å². The van der Waals surface area contributed by atoms with E-state index in [9.17, 15) is 13.2 Å². The molecule has 7 heteroatoms. The third-order valence-corrected chi connectivity index (χ3v) is 3.65. The first-order valence-electron chi connectivity index (χ1n) is 7.18. The number of benzene rings is 1. The number of methoxy groups -OCH3 is 1. The molecule has 0 fully saturated rings.